The topological polar surface area (TPSA) is 32.5 Å². The lowest BCUT2D eigenvalue weighted by Crippen LogP contribution is -2.54. The molecule has 3 unspecified atom stereocenters. The van der Waals surface area contributed by atoms with Crippen molar-refractivity contribution in [3.8, 4) is 0 Å². The zero-order valence-corrected chi connectivity index (χ0v) is 11.9. The maximum Gasteiger partial charge on any atom is 0.0253 e. The van der Waals surface area contributed by atoms with E-state index in [9.17, 15) is 0 Å². The molecule has 3 nitrogen and oxygen atoms in total. The second kappa shape index (κ2) is 4.87. The van der Waals surface area contributed by atoms with Crippen LogP contribution in [0.1, 0.15) is 39.5 Å². The predicted octanol–water partition coefficient (Wildman–Crippen LogP) is 1.53. The van der Waals surface area contributed by atoms with Crippen molar-refractivity contribution in [3.63, 3.8) is 0 Å². The van der Waals surface area contributed by atoms with E-state index in [-0.39, 0.29) is 0 Å². The van der Waals surface area contributed by atoms with Crippen molar-refractivity contribution >= 4 is 0 Å². The number of nitrogens with zero attached hydrogens (tertiary/aromatic N) is 2. The molecule has 3 heteroatoms. The Labute approximate surface area is 106 Å². The Balaban J connectivity index is 1.98. The molecular formula is C14H29N3. The molecule has 0 aromatic heterocycles. The van der Waals surface area contributed by atoms with Crippen LogP contribution >= 0.6 is 0 Å². The van der Waals surface area contributed by atoms with Crippen LogP contribution in [0.3, 0.4) is 0 Å². The second-order valence-electron chi connectivity index (χ2n) is 6.84. The fraction of sp³-hybridized carbons (Fsp3) is 1.00. The first kappa shape index (κ1) is 13.3. The van der Waals surface area contributed by atoms with Crippen LogP contribution in [-0.2, 0) is 0 Å². The van der Waals surface area contributed by atoms with Gasteiger partial charge in [-0.3, -0.25) is 4.90 Å². The van der Waals surface area contributed by atoms with E-state index >= 15 is 0 Å². The highest BCUT2D eigenvalue weighted by Crippen LogP contribution is 2.39. The van der Waals surface area contributed by atoms with E-state index < -0.39 is 0 Å². The molecule has 1 aliphatic heterocycles. The number of hydrogen-bond donors (Lipinski definition) is 1. The molecule has 0 amide bonds. The van der Waals surface area contributed by atoms with Gasteiger partial charge in [0.05, 0.1) is 0 Å². The van der Waals surface area contributed by atoms with Crippen LogP contribution in [0.4, 0.5) is 0 Å². The van der Waals surface area contributed by atoms with Crippen molar-refractivity contribution in [1.82, 2.24) is 9.80 Å². The Kier molecular flexibility index (Phi) is 3.81. The van der Waals surface area contributed by atoms with Gasteiger partial charge in [-0.15, -0.1) is 0 Å². The molecule has 0 aromatic carbocycles. The largest absolute Gasteiger partial charge is 0.326 e. The van der Waals surface area contributed by atoms with Crippen LogP contribution in [0.25, 0.3) is 0 Å². The first-order valence-electron chi connectivity index (χ1n) is 7.08. The average molecular weight is 239 g/mol. The zero-order chi connectivity index (χ0) is 12.6. The number of hydrogen-bond acceptors (Lipinski definition) is 3. The van der Waals surface area contributed by atoms with Gasteiger partial charge in [-0.2, -0.15) is 0 Å². The van der Waals surface area contributed by atoms with Crippen molar-refractivity contribution in [2.24, 2.45) is 11.1 Å². The fourth-order valence-electron chi connectivity index (χ4n) is 3.59. The molecule has 1 heterocycles. The summed E-state index contributed by atoms with van der Waals surface area (Å²) in [5.74, 6) is 0. The zero-order valence-electron chi connectivity index (χ0n) is 11.9. The monoisotopic (exact) mass is 239 g/mol. The van der Waals surface area contributed by atoms with E-state index in [0.717, 1.165) is 0 Å². The lowest BCUT2D eigenvalue weighted by Gasteiger charge is -2.41. The Morgan fingerprint density at radius 3 is 2.53 bits per heavy atom. The molecule has 1 saturated heterocycles. The van der Waals surface area contributed by atoms with Gasteiger partial charge in [0.1, 0.15) is 0 Å². The van der Waals surface area contributed by atoms with E-state index in [4.69, 9.17) is 5.73 Å². The summed E-state index contributed by atoms with van der Waals surface area (Å²) in [5, 5.41) is 0. The predicted molar refractivity (Wildman–Crippen MR) is 73.1 cm³/mol. The van der Waals surface area contributed by atoms with Gasteiger partial charge in [0, 0.05) is 24.7 Å². The third kappa shape index (κ3) is 2.67. The smallest absolute Gasteiger partial charge is 0.0253 e. The molecule has 100 valence electrons. The number of likely N-dealkylation sites (tertiary alicyclic amines) is 1. The molecule has 2 N–H and O–H groups in total. The molecule has 2 rings (SSSR count). The molecule has 3 atom stereocenters. The van der Waals surface area contributed by atoms with E-state index in [1.165, 1.54) is 38.8 Å². The Hall–Kier alpha value is -0.120. The summed E-state index contributed by atoms with van der Waals surface area (Å²) >= 11 is 0. The average Bonchev–Trinajstić information content (AvgIpc) is 2.54. The van der Waals surface area contributed by atoms with Gasteiger partial charge in [0.2, 0.25) is 0 Å². The third-order valence-electron chi connectivity index (χ3n) is 5.10. The van der Waals surface area contributed by atoms with Crippen LogP contribution in [0, 0.1) is 5.41 Å². The van der Waals surface area contributed by atoms with E-state index in [1.807, 2.05) is 0 Å². The standard InChI is InChI=1S/C14H29N3/c1-14(2)8-7-12(13(14)15)17(4)11-6-5-9-16(3)10-11/h11-13H,5-10,15H2,1-4H3. The summed E-state index contributed by atoms with van der Waals surface area (Å²) in [4.78, 5) is 5.03. The Bertz CT molecular complexity index is 264. The Morgan fingerprint density at radius 1 is 1.29 bits per heavy atom. The van der Waals surface area contributed by atoms with Gasteiger partial charge < -0.3 is 10.6 Å². The third-order valence-corrected chi connectivity index (χ3v) is 5.10. The van der Waals surface area contributed by atoms with Gasteiger partial charge in [0.15, 0.2) is 0 Å². The molecule has 2 fully saturated rings. The van der Waals surface area contributed by atoms with Crippen molar-refractivity contribution in [3.05, 3.63) is 0 Å². The molecule has 2 aliphatic rings. The van der Waals surface area contributed by atoms with Gasteiger partial charge in [0.25, 0.3) is 0 Å². The fourth-order valence-corrected chi connectivity index (χ4v) is 3.59. The Morgan fingerprint density at radius 2 is 2.00 bits per heavy atom. The van der Waals surface area contributed by atoms with Gasteiger partial charge in [-0.25, -0.2) is 0 Å². The van der Waals surface area contributed by atoms with Crippen LogP contribution in [0.15, 0.2) is 0 Å². The van der Waals surface area contributed by atoms with Crippen molar-refractivity contribution in [1.29, 1.82) is 0 Å². The second-order valence-corrected chi connectivity index (χ2v) is 6.84. The lowest BCUT2D eigenvalue weighted by atomic mass is 9.86. The van der Waals surface area contributed by atoms with Crippen molar-refractivity contribution < 1.29 is 0 Å². The number of likely N-dealkylation sites (N-methyl/N-ethyl adjacent to an activating group) is 2. The normalized spacial score (nSPS) is 38.8. The van der Waals surface area contributed by atoms with Crippen LogP contribution in [0.2, 0.25) is 0 Å². The summed E-state index contributed by atoms with van der Waals surface area (Å²) in [6.07, 6.45) is 5.21. The highest BCUT2D eigenvalue weighted by atomic mass is 15.2. The SMILES string of the molecule is CN1CCCC(N(C)C2CCC(C)(C)C2N)C1. The highest BCUT2D eigenvalue weighted by molar-refractivity contribution is 5.00. The summed E-state index contributed by atoms with van der Waals surface area (Å²) in [7, 11) is 4.52. The van der Waals surface area contributed by atoms with E-state index in [1.54, 1.807) is 0 Å². The van der Waals surface area contributed by atoms with Gasteiger partial charge in [-0.1, -0.05) is 13.8 Å². The number of rotatable bonds is 2. The summed E-state index contributed by atoms with van der Waals surface area (Å²) < 4.78 is 0. The van der Waals surface area contributed by atoms with Crippen LogP contribution < -0.4 is 5.73 Å². The summed E-state index contributed by atoms with van der Waals surface area (Å²) in [6.45, 7) is 7.10. The molecular weight excluding hydrogens is 210 g/mol. The van der Waals surface area contributed by atoms with Crippen LogP contribution in [0.5, 0.6) is 0 Å². The minimum absolute atomic E-state index is 0.319. The first-order chi connectivity index (χ1) is 7.92. The first-order valence-corrected chi connectivity index (χ1v) is 7.08. The van der Waals surface area contributed by atoms with Crippen molar-refractivity contribution in [2.75, 3.05) is 27.2 Å². The van der Waals surface area contributed by atoms with Crippen LogP contribution in [-0.4, -0.2) is 55.1 Å². The molecule has 0 radical (unpaired) electrons. The summed E-state index contributed by atoms with van der Waals surface area (Å²) in [6, 6.07) is 1.62. The van der Waals surface area contributed by atoms with Crippen molar-refractivity contribution in [2.45, 2.75) is 57.7 Å². The number of nitrogens with two attached hydrogens (primary N) is 1. The minimum Gasteiger partial charge on any atom is -0.326 e. The molecule has 0 bridgehead atoms. The molecule has 1 aliphatic carbocycles. The quantitative estimate of drug-likeness (QED) is 0.793. The van der Waals surface area contributed by atoms with E-state index in [0.29, 0.717) is 23.5 Å². The molecule has 1 saturated carbocycles. The molecule has 0 aromatic rings. The van der Waals surface area contributed by atoms with E-state index in [2.05, 4.69) is 37.7 Å². The number of piperidine rings is 1. The lowest BCUT2D eigenvalue weighted by molar-refractivity contribution is 0.0870. The molecule has 17 heavy (non-hydrogen) atoms. The highest BCUT2D eigenvalue weighted by Gasteiger charge is 2.42. The maximum atomic E-state index is 6.44. The van der Waals surface area contributed by atoms with Gasteiger partial charge in [-0.05, 0) is 51.7 Å². The van der Waals surface area contributed by atoms with Gasteiger partial charge >= 0.3 is 0 Å². The summed E-state index contributed by atoms with van der Waals surface area (Å²) in [5.41, 5.74) is 6.76. The maximum absolute atomic E-state index is 6.44. The minimum atomic E-state index is 0.319. The molecule has 0 spiro atoms.